The SMILES string of the molecule is CCNC(=O)N(S)c1cnc2ccc(-c3cc(Cl)c(O)c(Cl)c3)nc2n1. The van der Waals surface area contributed by atoms with E-state index in [4.69, 9.17) is 23.2 Å². The highest BCUT2D eigenvalue weighted by Crippen LogP contribution is 2.36. The zero-order chi connectivity index (χ0) is 18.8. The molecule has 2 aromatic heterocycles. The number of halogens is 2. The van der Waals surface area contributed by atoms with Crippen molar-refractivity contribution >= 4 is 59.0 Å². The number of pyridine rings is 1. The summed E-state index contributed by atoms with van der Waals surface area (Å²) in [4.78, 5) is 24.9. The Hall–Kier alpha value is -2.29. The van der Waals surface area contributed by atoms with Crippen molar-refractivity contribution in [1.82, 2.24) is 20.3 Å². The fraction of sp³-hybridized carbons (Fsp3) is 0.125. The summed E-state index contributed by atoms with van der Waals surface area (Å²) in [5.74, 6) is 0.0470. The Balaban J connectivity index is 2.03. The van der Waals surface area contributed by atoms with E-state index in [-0.39, 0.29) is 21.6 Å². The second-order valence-electron chi connectivity index (χ2n) is 5.20. The first-order valence-corrected chi connectivity index (χ1v) is 8.65. The molecule has 3 rings (SSSR count). The summed E-state index contributed by atoms with van der Waals surface area (Å²) in [5, 5.41) is 12.5. The van der Waals surface area contributed by atoms with Crippen LogP contribution in [0, 0.1) is 0 Å². The molecule has 0 aliphatic rings. The summed E-state index contributed by atoms with van der Waals surface area (Å²) in [6.45, 7) is 2.26. The largest absolute Gasteiger partial charge is 0.505 e. The maximum absolute atomic E-state index is 11.9. The van der Waals surface area contributed by atoms with Crippen LogP contribution in [0.2, 0.25) is 10.0 Å². The number of hydrogen-bond acceptors (Lipinski definition) is 6. The molecular formula is C16H13Cl2N5O2S. The van der Waals surface area contributed by atoms with Gasteiger partial charge in [0.15, 0.2) is 17.2 Å². The van der Waals surface area contributed by atoms with E-state index in [9.17, 15) is 9.90 Å². The number of nitrogens with one attached hydrogen (secondary N) is 1. The Morgan fingerprint density at radius 2 is 1.96 bits per heavy atom. The molecule has 0 atom stereocenters. The molecule has 0 spiro atoms. The average molecular weight is 410 g/mol. The van der Waals surface area contributed by atoms with Gasteiger partial charge < -0.3 is 10.4 Å². The minimum Gasteiger partial charge on any atom is -0.505 e. The van der Waals surface area contributed by atoms with E-state index in [0.29, 0.717) is 29.0 Å². The second-order valence-corrected chi connectivity index (χ2v) is 6.42. The quantitative estimate of drug-likeness (QED) is 0.566. The first-order chi connectivity index (χ1) is 12.4. The van der Waals surface area contributed by atoms with Gasteiger partial charge in [-0.1, -0.05) is 36.0 Å². The predicted molar refractivity (Wildman–Crippen MR) is 105 cm³/mol. The van der Waals surface area contributed by atoms with Crippen molar-refractivity contribution < 1.29 is 9.90 Å². The van der Waals surface area contributed by atoms with Crippen LogP contribution in [0.1, 0.15) is 6.92 Å². The van der Waals surface area contributed by atoms with Gasteiger partial charge in [-0.05, 0) is 31.2 Å². The minimum atomic E-state index is -0.419. The number of anilines is 1. The Morgan fingerprint density at radius 3 is 2.62 bits per heavy atom. The number of phenols is 1. The minimum absolute atomic E-state index is 0.118. The number of carbonyl (C=O) groups is 1. The summed E-state index contributed by atoms with van der Waals surface area (Å²) < 4.78 is 1.05. The lowest BCUT2D eigenvalue weighted by molar-refractivity contribution is 0.250. The Kier molecular flexibility index (Phi) is 5.36. The van der Waals surface area contributed by atoms with Crippen molar-refractivity contribution in [2.45, 2.75) is 6.92 Å². The molecule has 134 valence electrons. The zero-order valence-electron chi connectivity index (χ0n) is 13.4. The van der Waals surface area contributed by atoms with E-state index in [0.717, 1.165) is 4.31 Å². The highest BCUT2D eigenvalue weighted by molar-refractivity contribution is 7.82. The molecule has 0 aliphatic heterocycles. The zero-order valence-corrected chi connectivity index (χ0v) is 15.8. The van der Waals surface area contributed by atoms with E-state index in [1.54, 1.807) is 31.2 Å². The van der Waals surface area contributed by atoms with Gasteiger partial charge in [0.1, 0.15) is 5.52 Å². The Labute approximate surface area is 164 Å². The molecule has 0 radical (unpaired) electrons. The molecule has 0 saturated carbocycles. The van der Waals surface area contributed by atoms with Crippen LogP contribution in [0.15, 0.2) is 30.5 Å². The van der Waals surface area contributed by atoms with Gasteiger partial charge in [-0.15, -0.1) is 0 Å². The van der Waals surface area contributed by atoms with Crippen molar-refractivity contribution in [3.05, 3.63) is 40.5 Å². The highest BCUT2D eigenvalue weighted by Gasteiger charge is 2.15. The highest BCUT2D eigenvalue weighted by atomic mass is 35.5. The number of benzene rings is 1. The van der Waals surface area contributed by atoms with Gasteiger partial charge in [-0.2, -0.15) is 0 Å². The van der Waals surface area contributed by atoms with E-state index in [1.807, 2.05) is 0 Å². The summed E-state index contributed by atoms with van der Waals surface area (Å²) in [6.07, 6.45) is 1.43. The standard InChI is InChI=1S/C16H13Cl2N5O2S/c1-2-19-16(25)23(26)13-7-20-12-4-3-11(21-15(12)22-13)8-5-9(17)14(24)10(18)6-8/h3-7,24,26H,2H2,1H3,(H,19,25). The topological polar surface area (TPSA) is 91.2 Å². The van der Waals surface area contributed by atoms with Crippen molar-refractivity contribution in [1.29, 1.82) is 0 Å². The smallest absolute Gasteiger partial charge is 0.333 e. The second kappa shape index (κ2) is 7.53. The van der Waals surface area contributed by atoms with Crippen LogP contribution in [-0.2, 0) is 0 Å². The molecule has 0 fully saturated rings. The van der Waals surface area contributed by atoms with Crippen LogP contribution in [0.25, 0.3) is 22.4 Å². The summed E-state index contributed by atoms with van der Waals surface area (Å²) >= 11 is 16.1. The van der Waals surface area contributed by atoms with Crippen molar-refractivity contribution in [3.63, 3.8) is 0 Å². The summed E-state index contributed by atoms with van der Waals surface area (Å²) in [7, 11) is 0. The molecule has 2 N–H and O–H groups in total. The van der Waals surface area contributed by atoms with Gasteiger partial charge in [0.25, 0.3) is 0 Å². The fourth-order valence-corrected chi connectivity index (χ4v) is 2.85. The third kappa shape index (κ3) is 3.62. The van der Waals surface area contributed by atoms with Gasteiger partial charge in [0, 0.05) is 12.1 Å². The third-order valence-electron chi connectivity index (χ3n) is 3.44. The molecular weight excluding hydrogens is 397 g/mol. The number of amides is 2. The number of hydrogen-bond donors (Lipinski definition) is 3. The number of carbonyl (C=O) groups excluding carboxylic acids is 1. The van der Waals surface area contributed by atoms with Crippen LogP contribution in [0.3, 0.4) is 0 Å². The van der Waals surface area contributed by atoms with Gasteiger partial charge in [-0.25, -0.2) is 24.1 Å². The van der Waals surface area contributed by atoms with E-state index in [2.05, 4.69) is 33.1 Å². The van der Waals surface area contributed by atoms with Crippen LogP contribution in [0.4, 0.5) is 10.6 Å². The van der Waals surface area contributed by atoms with Crippen LogP contribution in [0.5, 0.6) is 5.75 Å². The number of aromatic nitrogens is 3. The number of aromatic hydroxyl groups is 1. The maximum Gasteiger partial charge on any atom is 0.333 e. The predicted octanol–water partition coefficient (Wildman–Crippen LogP) is 4.08. The molecule has 0 unspecified atom stereocenters. The lowest BCUT2D eigenvalue weighted by atomic mass is 10.1. The molecule has 7 nitrogen and oxygen atoms in total. The van der Waals surface area contributed by atoms with Crippen molar-refractivity contribution in [3.8, 4) is 17.0 Å². The summed E-state index contributed by atoms with van der Waals surface area (Å²) in [6, 6.07) is 6.15. The van der Waals surface area contributed by atoms with Crippen LogP contribution >= 0.6 is 36.0 Å². The molecule has 2 amide bonds. The Morgan fingerprint density at radius 1 is 1.27 bits per heavy atom. The van der Waals surface area contributed by atoms with Crippen molar-refractivity contribution in [2.75, 3.05) is 10.8 Å². The molecule has 0 bridgehead atoms. The fourth-order valence-electron chi connectivity index (χ4n) is 2.20. The normalized spacial score (nSPS) is 10.8. The van der Waals surface area contributed by atoms with Gasteiger partial charge in [0.05, 0.1) is 21.9 Å². The third-order valence-corrected chi connectivity index (χ3v) is 4.41. The molecule has 0 saturated heterocycles. The van der Waals surface area contributed by atoms with Gasteiger partial charge in [-0.3, -0.25) is 0 Å². The first-order valence-electron chi connectivity index (χ1n) is 7.49. The molecule has 2 heterocycles. The average Bonchev–Trinajstić information content (AvgIpc) is 2.64. The lowest BCUT2D eigenvalue weighted by Gasteiger charge is -2.14. The monoisotopic (exact) mass is 409 g/mol. The van der Waals surface area contributed by atoms with Crippen LogP contribution in [-0.4, -0.2) is 32.6 Å². The molecule has 1 aromatic carbocycles. The number of fused-ring (bicyclic) bond motifs is 1. The van der Waals surface area contributed by atoms with E-state index in [1.165, 1.54) is 6.20 Å². The first kappa shape index (κ1) is 18.5. The van der Waals surface area contributed by atoms with Gasteiger partial charge >= 0.3 is 6.03 Å². The van der Waals surface area contributed by atoms with Crippen molar-refractivity contribution in [2.24, 2.45) is 0 Å². The molecule has 26 heavy (non-hydrogen) atoms. The maximum atomic E-state index is 11.9. The molecule has 0 aliphatic carbocycles. The van der Waals surface area contributed by atoms with E-state index < -0.39 is 6.03 Å². The molecule has 3 aromatic rings. The number of rotatable bonds is 3. The number of phenolic OH excluding ortho intramolecular Hbond substituents is 1. The van der Waals surface area contributed by atoms with Gasteiger partial charge in [0.2, 0.25) is 0 Å². The Bertz CT molecular complexity index is 979. The lowest BCUT2D eigenvalue weighted by Crippen LogP contribution is -2.34. The number of nitrogens with zero attached hydrogens (tertiary/aromatic N) is 4. The molecule has 10 heteroatoms. The summed E-state index contributed by atoms with van der Waals surface area (Å²) in [5.41, 5.74) is 2.02. The number of urea groups is 1. The number of thiol groups is 1. The van der Waals surface area contributed by atoms with E-state index >= 15 is 0 Å². The van der Waals surface area contributed by atoms with Crippen LogP contribution < -0.4 is 9.62 Å².